The number of anilines is 1. The van der Waals surface area contributed by atoms with Gasteiger partial charge in [-0.15, -0.1) is 0 Å². The Balaban J connectivity index is 2.37. The van der Waals surface area contributed by atoms with Gasteiger partial charge in [0, 0.05) is 19.3 Å². The second kappa shape index (κ2) is 7.12. The molecule has 0 atom stereocenters. The first-order valence-electron chi connectivity index (χ1n) is 5.84. The molecule has 0 aliphatic heterocycles. The summed E-state index contributed by atoms with van der Waals surface area (Å²) in [6.07, 6.45) is 1.16. The number of hydrogen-bond acceptors (Lipinski definition) is 3. The second-order valence-corrected chi connectivity index (χ2v) is 3.83. The van der Waals surface area contributed by atoms with E-state index in [1.165, 1.54) is 5.69 Å². The lowest BCUT2D eigenvalue weighted by atomic mass is 10.2. The zero-order valence-corrected chi connectivity index (χ0v) is 10.5. The van der Waals surface area contributed by atoms with Crippen molar-refractivity contribution >= 4 is 5.69 Å². The first-order chi connectivity index (χ1) is 7.77. The largest absolute Gasteiger partial charge is 0.497 e. The predicted molar refractivity (Wildman–Crippen MR) is 69.4 cm³/mol. The quantitative estimate of drug-likeness (QED) is 0.715. The summed E-state index contributed by atoms with van der Waals surface area (Å²) in [5.74, 6) is 0.907. The number of hydrogen-bond donors (Lipinski definition) is 1. The monoisotopic (exact) mass is 222 g/mol. The van der Waals surface area contributed by atoms with Crippen LogP contribution in [-0.2, 0) is 0 Å². The lowest BCUT2D eigenvalue weighted by Crippen LogP contribution is -2.23. The molecule has 0 fully saturated rings. The van der Waals surface area contributed by atoms with E-state index in [-0.39, 0.29) is 0 Å². The third-order valence-corrected chi connectivity index (χ3v) is 2.61. The molecule has 1 rings (SSSR count). The molecule has 16 heavy (non-hydrogen) atoms. The van der Waals surface area contributed by atoms with Crippen molar-refractivity contribution < 1.29 is 4.74 Å². The van der Waals surface area contributed by atoms with Crippen LogP contribution in [0.3, 0.4) is 0 Å². The van der Waals surface area contributed by atoms with E-state index in [2.05, 4.69) is 36.3 Å². The van der Waals surface area contributed by atoms with Gasteiger partial charge in [0.25, 0.3) is 0 Å². The molecule has 0 spiro atoms. The first-order valence-corrected chi connectivity index (χ1v) is 5.84. The molecule has 1 aromatic carbocycles. The van der Waals surface area contributed by atoms with Gasteiger partial charge in [0.1, 0.15) is 5.75 Å². The van der Waals surface area contributed by atoms with E-state index in [1.54, 1.807) is 7.11 Å². The molecule has 1 N–H and O–H groups in total. The molecule has 0 radical (unpaired) electrons. The van der Waals surface area contributed by atoms with Gasteiger partial charge in [-0.05, 0) is 43.8 Å². The molecular weight excluding hydrogens is 200 g/mol. The Morgan fingerprint density at radius 2 is 1.94 bits per heavy atom. The highest BCUT2D eigenvalue weighted by atomic mass is 16.5. The van der Waals surface area contributed by atoms with Gasteiger partial charge < -0.3 is 15.0 Å². The summed E-state index contributed by atoms with van der Waals surface area (Å²) in [7, 11) is 3.81. The van der Waals surface area contributed by atoms with Crippen LogP contribution in [0.15, 0.2) is 24.3 Å². The van der Waals surface area contributed by atoms with Gasteiger partial charge in [-0.2, -0.15) is 0 Å². The minimum atomic E-state index is 0.907. The SMILES string of the molecule is CCNCCCN(C)c1ccc(OC)cc1. The molecule has 0 aliphatic carbocycles. The smallest absolute Gasteiger partial charge is 0.119 e. The predicted octanol–water partition coefficient (Wildman–Crippen LogP) is 2.13. The van der Waals surface area contributed by atoms with Crippen molar-refractivity contribution in [2.24, 2.45) is 0 Å². The van der Waals surface area contributed by atoms with Gasteiger partial charge in [0.2, 0.25) is 0 Å². The Morgan fingerprint density at radius 1 is 1.25 bits per heavy atom. The van der Waals surface area contributed by atoms with Crippen LogP contribution >= 0.6 is 0 Å². The van der Waals surface area contributed by atoms with Gasteiger partial charge in [-0.25, -0.2) is 0 Å². The molecule has 3 heteroatoms. The molecule has 90 valence electrons. The van der Waals surface area contributed by atoms with Crippen molar-refractivity contribution in [3.8, 4) is 5.75 Å². The molecule has 1 aromatic rings. The maximum Gasteiger partial charge on any atom is 0.119 e. The average Bonchev–Trinajstić information content (AvgIpc) is 2.34. The lowest BCUT2D eigenvalue weighted by Gasteiger charge is -2.19. The zero-order valence-electron chi connectivity index (χ0n) is 10.5. The lowest BCUT2D eigenvalue weighted by molar-refractivity contribution is 0.415. The Hall–Kier alpha value is -1.22. The van der Waals surface area contributed by atoms with E-state index in [0.29, 0.717) is 0 Å². The number of nitrogens with one attached hydrogen (secondary N) is 1. The molecular formula is C13H22N2O. The number of nitrogens with zero attached hydrogens (tertiary/aromatic N) is 1. The van der Waals surface area contributed by atoms with E-state index >= 15 is 0 Å². The fourth-order valence-electron chi connectivity index (χ4n) is 1.58. The van der Waals surface area contributed by atoms with E-state index in [0.717, 1.165) is 31.8 Å². The maximum absolute atomic E-state index is 5.13. The summed E-state index contributed by atoms with van der Waals surface area (Å²) in [6, 6.07) is 8.17. The third-order valence-electron chi connectivity index (χ3n) is 2.61. The Labute approximate surface area is 98.4 Å². The van der Waals surface area contributed by atoms with Crippen LogP contribution in [0.5, 0.6) is 5.75 Å². The van der Waals surface area contributed by atoms with Crippen LogP contribution < -0.4 is 15.0 Å². The molecule has 3 nitrogen and oxygen atoms in total. The minimum absolute atomic E-state index is 0.907. The maximum atomic E-state index is 5.13. The standard InChI is InChI=1S/C13H22N2O/c1-4-14-10-5-11-15(2)12-6-8-13(16-3)9-7-12/h6-9,14H,4-5,10-11H2,1-3H3. The Bertz CT molecular complexity index is 284. The number of methoxy groups -OCH3 is 1. The third kappa shape index (κ3) is 4.11. The van der Waals surface area contributed by atoms with E-state index in [4.69, 9.17) is 4.74 Å². The van der Waals surface area contributed by atoms with Gasteiger partial charge in [0.05, 0.1) is 7.11 Å². The highest BCUT2D eigenvalue weighted by Crippen LogP contribution is 2.17. The summed E-state index contributed by atoms with van der Waals surface area (Å²) in [6.45, 7) is 5.33. The molecule has 0 amide bonds. The average molecular weight is 222 g/mol. The number of benzene rings is 1. The van der Waals surface area contributed by atoms with Crippen LogP contribution in [0.2, 0.25) is 0 Å². The number of ether oxygens (including phenoxy) is 1. The summed E-state index contributed by atoms with van der Waals surface area (Å²) in [4.78, 5) is 2.26. The van der Waals surface area contributed by atoms with Crippen LogP contribution in [0.1, 0.15) is 13.3 Å². The minimum Gasteiger partial charge on any atom is -0.497 e. The number of rotatable bonds is 7. The van der Waals surface area contributed by atoms with Gasteiger partial charge >= 0.3 is 0 Å². The second-order valence-electron chi connectivity index (χ2n) is 3.83. The molecule has 0 saturated heterocycles. The van der Waals surface area contributed by atoms with Crippen molar-refractivity contribution in [3.05, 3.63) is 24.3 Å². The van der Waals surface area contributed by atoms with Gasteiger partial charge in [0.15, 0.2) is 0 Å². The van der Waals surface area contributed by atoms with Gasteiger partial charge in [-0.3, -0.25) is 0 Å². The summed E-state index contributed by atoms with van der Waals surface area (Å²) in [5, 5.41) is 3.33. The van der Waals surface area contributed by atoms with Crippen molar-refractivity contribution in [1.29, 1.82) is 0 Å². The van der Waals surface area contributed by atoms with Crippen LogP contribution in [0.25, 0.3) is 0 Å². The highest BCUT2D eigenvalue weighted by Gasteiger charge is 2.00. The summed E-state index contributed by atoms with van der Waals surface area (Å²) in [5.41, 5.74) is 1.23. The van der Waals surface area contributed by atoms with Gasteiger partial charge in [-0.1, -0.05) is 6.92 Å². The highest BCUT2D eigenvalue weighted by molar-refractivity contribution is 5.48. The van der Waals surface area contributed by atoms with Crippen LogP contribution in [0.4, 0.5) is 5.69 Å². The van der Waals surface area contributed by atoms with E-state index in [9.17, 15) is 0 Å². The van der Waals surface area contributed by atoms with E-state index < -0.39 is 0 Å². The fourth-order valence-corrected chi connectivity index (χ4v) is 1.58. The van der Waals surface area contributed by atoms with Crippen molar-refractivity contribution in [3.63, 3.8) is 0 Å². The van der Waals surface area contributed by atoms with E-state index in [1.807, 2.05) is 12.1 Å². The first kappa shape index (κ1) is 12.8. The Morgan fingerprint density at radius 3 is 2.50 bits per heavy atom. The van der Waals surface area contributed by atoms with Crippen LogP contribution in [0, 0.1) is 0 Å². The molecule has 0 saturated carbocycles. The molecule has 0 unspecified atom stereocenters. The van der Waals surface area contributed by atoms with Crippen molar-refractivity contribution in [2.45, 2.75) is 13.3 Å². The molecule has 0 bridgehead atoms. The topological polar surface area (TPSA) is 24.5 Å². The van der Waals surface area contributed by atoms with Crippen molar-refractivity contribution in [2.75, 3.05) is 38.7 Å². The molecule has 0 heterocycles. The van der Waals surface area contributed by atoms with Crippen LogP contribution in [-0.4, -0.2) is 33.8 Å². The zero-order chi connectivity index (χ0) is 11.8. The summed E-state index contributed by atoms with van der Waals surface area (Å²) < 4.78 is 5.13. The Kier molecular flexibility index (Phi) is 5.72. The molecule has 0 aliphatic rings. The van der Waals surface area contributed by atoms with Crippen molar-refractivity contribution in [1.82, 2.24) is 5.32 Å². The summed E-state index contributed by atoms with van der Waals surface area (Å²) >= 11 is 0. The fraction of sp³-hybridized carbons (Fsp3) is 0.538. The normalized spacial score (nSPS) is 10.2. The molecule has 0 aromatic heterocycles.